The molecule has 0 unspecified atom stereocenters. The van der Waals surface area contributed by atoms with Crippen LogP contribution in [-0.4, -0.2) is 183 Å². The number of likely N-dealkylation sites (N-methyl/N-ethyl adjacent to an activating group) is 1. The maximum absolute atomic E-state index is 13.8. The second-order valence-electron chi connectivity index (χ2n) is 18.6. The van der Waals surface area contributed by atoms with Crippen LogP contribution in [0.25, 0.3) is 0 Å². The minimum Gasteiger partial charge on any atom is -0.462 e. The van der Waals surface area contributed by atoms with Crippen LogP contribution < -0.4 is 0 Å². The fraction of sp³-hybridized carbons (Fsp3) is 0.867. The van der Waals surface area contributed by atoms with E-state index in [-0.39, 0.29) is 31.1 Å². The summed E-state index contributed by atoms with van der Waals surface area (Å²) in [5.74, 6) is -2.81. The van der Waals surface area contributed by atoms with Crippen LogP contribution in [0.3, 0.4) is 0 Å². The Balaban J connectivity index is 1.61. The zero-order valence-electron chi connectivity index (χ0n) is 38.8. The van der Waals surface area contributed by atoms with Crippen LogP contribution in [-0.2, 0) is 47.5 Å². The molecule has 4 rings (SSSR count). The van der Waals surface area contributed by atoms with Gasteiger partial charge in [0.1, 0.15) is 42.7 Å². The average Bonchev–Trinajstić information content (AvgIpc) is 3.21. The number of carbonyl (C=O) groups excluding carboxylic acids is 2. The number of nitrogens with zero attached hydrogens (tertiary/aromatic N) is 1. The highest BCUT2D eigenvalue weighted by Crippen LogP contribution is 2.38. The van der Waals surface area contributed by atoms with E-state index in [0.29, 0.717) is 29.3 Å². The molecule has 0 aromatic heterocycles. The number of hydrogen-bond donors (Lipinski definition) is 6. The number of ether oxygens (including phenoxy) is 8. The van der Waals surface area contributed by atoms with Crippen LogP contribution in [0.4, 0.5) is 0 Å². The van der Waals surface area contributed by atoms with Crippen molar-refractivity contribution in [3.63, 3.8) is 0 Å². The van der Waals surface area contributed by atoms with Crippen LogP contribution in [0.5, 0.6) is 0 Å². The van der Waals surface area contributed by atoms with Gasteiger partial charge >= 0.3 is 5.97 Å². The Morgan fingerprint density at radius 1 is 0.873 bits per heavy atom. The first-order chi connectivity index (χ1) is 29.5. The van der Waals surface area contributed by atoms with Gasteiger partial charge in [0.15, 0.2) is 24.7 Å². The highest BCUT2D eigenvalue weighted by Gasteiger charge is 2.51. The first kappa shape index (κ1) is 54.4. The van der Waals surface area contributed by atoms with Crippen molar-refractivity contribution in [3.05, 3.63) is 23.8 Å². The first-order valence-electron chi connectivity index (χ1n) is 22.4. The number of cyclic esters (lactones) is 1. The predicted octanol–water partition coefficient (Wildman–Crippen LogP) is 2.42. The monoisotopic (exact) mass is 1010 g/mol. The zero-order valence-corrected chi connectivity index (χ0v) is 41.0. The lowest BCUT2D eigenvalue weighted by Crippen LogP contribution is -2.65. The Hall–Kier alpha value is -1.21. The molecule has 0 aromatic carbocycles. The average molecular weight is 1010 g/mol. The lowest BCUT2D eigenvalue weighted by molar-refractivity contribution is -0.342. The van der Waals surface area contributed by atoms with Crippen LogP contribution >= 0.6 is 22.6 Å². The van der Waals surface area contributed by atoms with Crippen molar-refractivity contribution < 1.29 is 78.1 Å². The molecule has 21 atom stereocenters. The van der Waals surface area contributed by atoms with E-state index in [9.17, 15) is 40.2 Å². The molecule has 4 heterocycles. The number of methoxy groups -OCH3 is 1. The number of aliphatic hydroxyl groups excluding tert-OH is 5. The van der Waals surface area contributed by atoms with Gasteiger partial charge in [0, 0.05) is 31.3 Å². The van der Waals surface area contributed by atoms with Crippen LogP contribution in [0.15, 0.2) is 23.8 Å². The smallest absolute Gasteiger partial charge is 0.308 e. The van der Waals surface area contributed by atoms with Gasteiger partial charge in [0.05, 0.1) is 55.2 Å². The standard InChI is InChI=1S/C45H76INO16/c1-12-32-29(21-57-44-41(56-11)38(53)36(51)25(5)59-44)17-22(2)13-14-30(48)23(3)18-28(15-16-46)39(24(4)31(49)19-33(50)61-32)63-43-37(52)35(47(9)10)40(26(6)60-43)62-34-20-45(8,55)42(54)27(7)58-34/h13-14,17,23-29,31-32,34-44,49,51-55H,12,15-16,18-21H2,1-11H3/b14-13+,22-17+/t23-,24+,25-,26-,27+,28+,29-,31-,32-,34+,35-,36-,37-,38-,39-,40-,41-,42+,43+,44-,45-/m1/s1. The number of carbonyl (C=O) groups is 2. The molecule has 3 fully saturated rings. The lowest BCUT2D eigenvalue weighted by atomic mass is 9.80. The second kappa shape index (κ2) is 24.2. The molecule has 63 heavy (non-hydrogen) atoms. The quantitative estimate of drug-likeness (QED) is 0.0937. The van der Waals surface area contributed by atoms with Gasteiger partial charge in [-0.3, -0.25) is 9.59 Å². The molecule has 0 bridgehead atoms. The summed E-state index contributed by atoms with van der Waals surface area (Å²) in [6.07, 6.45) is -8.58. The fourth-order valence-corrected chi connectivity index (χ4v) is 10.1. The largest absolute Gasteiger partial charge is 0.462 e. The number of esters is 1. The van der Waals surface area contributed by atoms with Gasteiger partial charge in [-0.15, -0.1) is 0 Å². The molecule has 0 radical (unpaired) electrons. The Morgan fingerprint density at radius 2 is 1.54 bits per heavy atom. The molecule has 4 aliphatic rings. The molecule has 4 aliphatic heterocycles. The first-order valence-corrected chi connectivity index (χ1v) is 23.9. The van der Waals surface area contributed by atoms with Gasteiger partial charge in [0.2, 0.25) is 0 Å². The minimum absolute atomic E-state index is 0.00840. The van der Waals surface area contributed by atoms with Crippen LogP contribution in [0.2, 0.25) is 0 Å². The van der Waals surface area contributed by atoms with Crippen molar-refractivity contribution in [2.24, 2.45) is 23.7 Å². The Kier molecular flexibility index (Phi) is 20.9. The van der Waals surface area contributed by atoms with E-state index < -0.39 is 127 Å². The number of halogens is 1. The molecule has 3 saturated heterocycles. The molecule has 18 heteroatoms. The highest BCUT2D eigenvalue weighted by molar-refractivity contribution is 14.1. The molecule has 0 spiro atoms. The number of allylic oxidation sites excluding steroid dienone is 3. The maximum atomic E-state index is 13.8. The van der Waals surface area contributed by atoms with E-state index in [0.717, 1.165) is 0 Å². The van der Waals surface area contributed by atoms with Crippen molar-refractivity contribution in [2.45, 2.75) is 191 Å². The van der Waals surface area contributed by atoms with E-state index in [4.69, 9.17) is 37.9 Å². The summed E-state index contributed by atoms with van der Waals surface area (Å²) in [6.45, 7) is 13.8. The second-order valence-corrected chi connectivity index (χ2v) is 19.7. The normalized spacial score (nSPS) is 46.6. The van der Waals surface area contributed by atoms with Gasteiger partial charge in [-0.2, -0.15) is 0 Å². The summed E-state index contributed by atoms with van der Waals surface area (Å²) in [6, 6.07) is -0.686. The minimum atomic E-state index is -1.47. The van der Waals surface area contributed by atoms with Crippen molar-refractivity contribution in [2.75, 3.05) is 32.2 Å². The van der Waals surface area contributed by atoms with Gasteiger partial charge in [-0.1, -0.05) is 61.1 Å². The fourth-order valence-electron chi connectivity index (χ4n) is 9.33. The number of alkyl halides is 1. The Bertz CT molecular complexity index is 1520. The number of rotatable bonds is 12. The molecule has 0 aliphatic carbocycles. The van der Waals surface area contributed by atoms with Crippen molar-refractivity contribution in [1.82, 2.24) is 4.90 Å². The third-order valence-corrected chi connectivity index (χ3v) is 13.9. The third-order valence-electron chi connectivity index (χ3n) is 13.2. The molecular weight excluding hydrogens is 937 g/mol. The summed E-state index contributed by atoms with van der Waals surface area (Å²) in [5.41, 5.74) is -0.754. The van der Waals surface area contributed by atoms with Gasteiger partial charge in [0.25, 0.3) is 0 Å². The Labute approximate surface area is 386 Å². The number of aliphatic hydroxyl groups is 6. The van der Waals surface area contributed by atoms with Crippen molar-refractivity contribution in [1.29, 1.82) is 0 Å². The molecular formula is C45H76INO16. The van der Waals surface area contributed by atoms with E-state index in [1.54, 1.807) is 52.8 Å². The van der Waals surface area contributed by atoms with Crippen molar-refractivity contribution in [3.8, 4) is 0 Å². The van der Waals surface area contributed by atoms with E-state index in [1.807, 2.05) is 26.8 Å². The van der Waals surface area contributed by atoms with Crippen LogP contribution in [0.1, 0.15) is 87.5 Å². The predicted molar refractivity (Wildman–Crippen MR) is 238 cm³/mol. The van der Waals surface area contributed by atoms with Crippen molar-refractivity contribution >= 4 is 34.3 Å². The lowest BCUT2D eigenvalue weighted by Gasteiger charge is -2.50. The van der Waals surface area contributed by atoms with Gasteiger partial charge in [-0.05, 0) is 84.4 Å². The van der Waals surface area contributed by atoms with Gasteiger partial charge in [-0.25, -0.2) is 0 Å². The third kappa shape index (κ3) is 13.9. The van der Waals surface area contributed by atoms with E-state index in [2.05, 4.69) is 22.6 Å². The van der Waals surface area contributed by atoms with E-state index >= 15 is 0 Å². The van der Waals surface area contributed by atoms with Crippen LogP contribution in [0, 0.1) is 23.7 Å². The summed E-state index contributed by atoms with van der Waals surface area (Å²) in [5, 5.41) is 66.3. The maximum Gasteiger partial charge on any atom is 0.308 e. The summed E-state index contributed by atoms with van der Waals surface area (Å²) < 4.78 is 49.7. The van der Waals surface area contributed by atoms with E-state index in [1.165, 1.54) is 20.1 Å². The highest BCUT2D eigenvalue weighted by atomic mass is 127. The SMILES string of the molecule is CC[C@H]1OC(=O)C[C@@H](O)[C@H](C)[C@@H](O[C@@H]2O[C@H](C)[C@@H](O[C@H]3C[C@@](C)(O)[C@@H](O)[C@H](C)O3)[C@H](N(C)C)[C@H]2O)[C@@H](CCI)C[C@@H](C)C(=O)/C=C/C(C)=C/[C@@H]1CO[C@@H]1O[C@H](C)[C@@H](O)[C@@H](O)[C@H]1OC. The topological polar surface area (TPSA) is 233 Å². The molecule has 0 aromatic rings. The molecule has 17 nitrogen and oxygen atoms in total. The summed E-state index contributed by atoms with van der Waals surface area (Å²) >= 11 is 2.27. The number of ketones is 1. The Morgan fingerprint density at radius 3 is 2.14 bits per heavy atom. The molecule has 6 N–H and O–H groups in total. The molecule has 0 saturated carbocycles. The molecule has 0 amide bonds. The van der Waals surface area contributed by atoms with Gasteiger partial charge < -0.3 is 73.4 Å². The molecule has 364 valence electrons. The summed E-state index contributed by atoms with van der Waals surface area (Å²) in [7, 11) is 4.96. The summed E-state index contributed by atoms with van der Waals surface area (Å²) in [4.78, 5) is 29.3. The zero-order chi connectivity index (χ0) is 47.1. The number of hydrogen-bond acceptors (Lipinski definition) is 17.